The molecule has 1 rings (SSSR count). The Labute approximate surface area is 76.8 Å². The van der Waals surface area contributed by atoms with E-state index < -0.39 is 0 Å². The van der Waals surface area contributed by atoms with Crippen LogP contribution >= 0.6 is 11.6 Å². The molecule has 1 saturated carbocycles. The summed E-state index contributed by atoms with van der Waals surface area (Å²) in [6.07, 6.45) is 3.97. The maximum atomic E-state index is 5.64. The highest BCUT2D eigenvalue weighted by molar-refractivity contribution is 6.29. The van der Waals surface area contributed by atoms with E-state index in [9.17, 15) is 0 Å². The molecule has 1 aliphatic rings. The van der Waals surface area contributed by atoms with Crippen molar-refractivity contribution in [3.63, 3.8) is 0 Å². The smallest absolute Gasteiger partial charge is 0.186 e. The van der Waals surface area contributed by atoms with Crippen LogP contribution in [0.3, 0.4) is 0 Å². The predicted molar refractivity (Wildman–Crippen MR) is 50.7 cm³/mol. The molecule has 0 bridgehead atoms. The van der Waals surface area contributed by atoms with E-state index in [-0.39, 0.29) is 0 Å². The van der Waals surface area contributed by atoms with Gasteiger partial charge < -0.3 is 4.74 Å². The molecular formula is C8H11ClN2O. The standard InChI is InChI=1S/C8H11ClN2O/c1-6(12-7-3-4-7)11-8(9)5-10-2/h5,7H,2-4H2,1H3/b8-5-,11-6+. The van der Waals surface area contributed by atoms with Crippen LogP contribution < -0.4 is 0 Å². The van der Waals surface area contributed by atoms with Crippen LogP contribution in [-0.4, -0.2) is 18.7 Å². The lowest BCUT2D eigenvalue weighted by Gasteiger charge is -2.00. The van der Waals surface area contributed by atoms with Gasteiger partial charge in [0, 0.05) is 6.92 Å². The topological polar surface area (TPSA) is 34.0 Å². The lowest BCUT2D eigenvalue weighted by Crippen LogP contribution is -2.00. The van der Waals surface area contributed by atoms with Gasteiger partial charge >= 0.3 is 0 Å². The summed E-state index contributed by atoms with van der Waals surface area (Å²) in [6, 6.07) is 0. The summed E-state index contributed by atoms with van der Waals surface area (Å²) in [5.74, 6) is 0.586. The SMILES string of the molecule is C=N/C=C(Cl)\N=C(/C)OC1CC1. The van der Waals surface area contributed by atoms with Crippen molar-refractivity contribution < 1.29 is 4.74 Å². The molecule has 0 atom stereocenters. The Morgan fingerprint density at radius 1 is 1.67 bits per heavy atom. The third-order valence-electron chi connectivity index (χ3n) is 1.32. The van der Waals surface area contributed by atoms with Gasteiger partial charge in [0.05, 0.1) is 6.20 Å². The zero-order chi connectivity index (χ0) is 8.97. The van der Waals surface area contributed by atoms with Crippen molar-refractivity contribution in [2.75, 3.05) is 0 Å². The summed E-state index contributed by atoms with van der Waals surface area (Å²) in [5.41, 5.74) is 0. The zero-order valence-electron chi connectivity index (χ0n) is 6.96. The fourth-order valence-electron chi connectivity index (χ4n) is 0.708. The van der Waals surface area contributed by atoms with Crippen LogP contribution in [0.4, 0.5) is 0 Å². The maximum Gasteiger partial charge on any atom is 0.186 e. The molecule has 0 aliphatic heterocycles. The first-order valence-electron chi connectivity index (χ1n) is 3.76. The highest BCUT2D eigenvalue weighted by Crippen LogP contribution is 2.24. The highest BCUT2D eigenvalue weighted by Gasteiger charge is 2.23. The molecule has 1 aliphatic carbocycles. The molecule has 0 amide bonds. The molecule has 0 saturated heterocycles. The van der Waals surface area contributed by atoms with Crippen molar-refractivity contribution in [2.45, 2.75) is 25.9 Å². The molecule has 66 valence electrons. The molecular weight excluding hydrogens is 176 g/mol. The van der Waals surface area contributed by atoms with Crippen molar-refractivity contribution in [3.05, 3.63) is 11.4 Å². The van der Waals surface area contributed by atoms with Gasteiger partial charge in [-0.3, -0.25) is 4.99 Å². The van der Waals surface area contributed by atoms with E-state index >= 15 is 0 Å². The van der Waals surface area contributed by atoms with Gasteiger partial charge in [-0.05, 0) is 19.6 Å². The number of ether oxygens (including phenoxy) is 1. The summed E-state index contributed by atoms with van der Waals surface area (Å²) in [5, 5.41) is 0.295. The number of hydrogen-bond donors (Lipinski definition) is 0. The van der Waals surface area contributed by atoms with Gasteiger partial charge in [-0.25, -0.2) is 4.99 Å². The van der Waals surface area contributed by atoms with E-state index in [0.717, 1.165) is 12.8 Å². The summed E-state index contributed by atoms with van der Waals surface area (Å²) in [7, 11) is 0. The van der Waals surface area contributed by atoms with E-state index in [2.05, 4.69) is 16.7 Å². The van der Waals surface area contributed by atoms with Gasteiger partial charge in [-0.15, -0.1) is 0 Å². The normalized spacial score (nSPS) is 19.2. The third-order valence-corrected chi connectivity index (χ3v) is 1.51. The molecule has 0 heterocycles. The first kappa shape index (κ1) is 9.26. The Bertz CT molecular complexity index is 231. The summed E-state index contributed by atoms with van der Waals surface area (Å²) in [4.78, 5) is 7.41. The molecule has 0 aromatic heterocycles. The molecule has 1 fully saturated rings. The van der Waals surface area contributed by atoms with Crippen LogP contribution in [0, 0.1) is 0 Å². The molecule has 0 radical (unpaired) electrons. The Balaban J connectivity index is 2.41. The van der Waals surface area contributed by atoms with Crippen molar-refractivity contribution in [1.29, 1.82) is 0 Å². The molecule has 0 unspecified atom stereocenters. The second-order valence-electron chi connectivity index (χ2n) is 2.58. The van der Waals surface area contributed by atoms with Crippen molar-refractivity contribution in [3.8, 4) is 0 Å². The van der Waals surface area contributed by atoms with Crippen LogP contribution in [0.15, 0.2) is 21.3 Å². The Kier molecular flexibility index (Phi) is 3.29. The van der Waals surface area contributed by atoms with Crippen molar-refractivity contribution in [2.24, 2.45) is 9.98 Å². The van der Waals surface area contributed by atoms with Crippen LogP contribution in [0.25, 0.3) is 0 Å². The van der Waals surface area contributed by atoms with E-state index in [4.69, 9.17) is 16.3 Å². The fraction of sp³-hybridized carbons (Fsp3) is 0.500. The Morgan fingerprint density at radius 3 is 2.83 bits per heavy atom. The second kappa shape index (κ2) is 4.26. The van der Waals surface area contributed by atoms with Crippen molar-refractivity contribution >= 4 is 24.2 Å². The number of halogens is 1. The molecule has 3 nitrogen and oxygen atoms in total. The van der Waals surface area contributed by atoms with Gasteiger partial charge in [-0.2, -0.15) is 0 Å². The minimum atomic E-state index is 0.295. The van der Waals surface area contributed by atoms with E-state index in [1.807, 2.05) is 0 Å². The van der Waals surface area contributed by atoms with Gasteiger partial charge in [0.1, 0.15) is 6.10 Å². The summed E-state index contributed by atoms with van der Waals surface area (Å²) < 4.78 is 5.34. The average molecular weight is 187 g/mol. The van der Waals surface area contributed by atoms with Crippen LogP contribution in [0.2, 0.25) is 0 Å². The Hall–Kier alpha value is -0.830. The lowest BCUT2D eigenvalue weighted by molar-refractivity contribution is 0.287. The van der Waals surface area contributed by atoms with Crippen LogP contribution in [0.1, 0.15) is 19.8 Å². The fourth-order valence-corrected chi connectivity index (χ4v) is 0.896. The molecule has 0 spiro atoms. The third kappa shape index (κ3) is 3.53. The number of rotatable bonds is 3. The van der Waals surface area contributed by atoms with E-state index in [1.165, 1.54) is 6.20 Å². The maximum absolute atomic E-state index is 5.64. The van der Waals surface area contributed by atoms with E-state index in [0.29, 0.717) is 17.2 Å². The zero-order valence-corrected chi connectivity index (χ0v) is 7.71. The summed E-state index contributed by atoms with van der Waals surface area (Å²) >= 11 is 5.64. The monoisotopic (exact) mass is 186 g/mol. The number of hydrogen-bond acceptors (Lipinski definition) is 3. The molecule has 0 aromatic carbocycles. The number of aliphatic imine (C=N–C) groups is 2. The molecule has 4 heteroatoms. The quantitative estimate of drug-likeness (QED) is 0.378. The van der Waals surface area contributed by atoms with Gasteiger partial charge in [0.15, 0.2) is 11.1 Å². The van der Waals surface area contributed by atoms with Crippen LogP contribution in [0.5, 0.6) is 0 Å². The highest BCUT2D eigenvalue weighted by atomic mass is 35.5. The predicted octanol–water partition coefficient (Wildman–Crippen LogP) is 2.32. The first-order chi connectivity index (χ1) is 5.72. The molecule has 12 heavy (non-hydrogen) atoms. The minimum absolute atomic E-state index is 0.295. The van der Waals surface area contributed by atoms with Crippen molar-refractivity contribution in [1.82, 2.24) is 0 Å². The lowest BCUT2D eigenvalue weighted by atomic mass is 10.7. The van der Waals surface area contributed by atoms with Crippen LogP contribution in [-0.2, 0) is 4.74 Å². The molecule has 0 N–H and O–H groups in total. The van der Waals surface area contributed by atoms with Gasteiger partial charge in [-0.1, -0.05) is 11.6 Å². The van der Waals surface area contributed by atoms with Gasteiger partial charge in [0.25, 0.3) is 0 Å². The molecule has 0 aromatic rings. The van der Waals surface area contributed by atoms with Gasteiger partial charge in [0.2, 0.25) is 0 Å². The second-order valence-corrected chi connectivity index (χ2v) is 2.97. The minimum Gasteiger partial charge on any atom is -0.478 e. The summed E-state index contributed by atoms with van der Waals surface area (Å²) in [6.45, 7) is 5.04. The number of nitrogens with zero attached hydrogens (tertiary/aromatic N) is 2. The first-order valence-corrected chi connectivity index (χ1v) is 4.13. The Morgan fingerprint density at radius 2 is 2.33 bits per heavy atom. The van der Waals surface area contributed by atoms with E-state index in [1.54, 1.807) is 6.92 Å². The average Bonchev–Trinajstić information content (AvgIpc) is 2.71. The largest absolute Gasteiger partial charge is 0.478 e.